The predicted molar refractivity (Wildman–Crippen MR) is 72.4 cm³/mol. The fraction of sp³-hybridized carbons (Fsp3) is 0.467. The summed E-state index contributed by atoms with van der Waals surface area (Å²) in [7, 11) is 0. The zero-order valence-corrected chi connectivity index (χ0v) is 11.0. The molecule has 1 aromatic heterocycles. The van der Waals surface area contributed by atoms with Crippen LogP contribution in [0.3, 0.4) is 0 Å². The molecule has 1 fully saturated rings. The van der Waals surface area contributed by atoms with E-state index in [0.29, 0.717) is 5.89 Å². The lowest BCUT2D eigenvalue weighted by Gasteiger charge is -2.06. The normalized spacial score (nSPS) is 16.5. The minimum atomic E-state index is -0.166. The lowest BCUT2D eigenvalue weighted by atomic mass is 10.1. The van der Waals surface area contributed by atoms with Gasteiger partial charge in [-0.25, -0.2) is 0 Å². The average molecular weight is 257 g/mol. The third-order valence-corrected chi connectivity index (χ3v) is 3.56. The number of hydrogen-bond donors (Lipinski definition) is 1. The van der Waals surface area contributed by atoms with Crippen molar-refractivity contribution < 1.29 is 4.52 Å². The van der Waals surface area contributed by atoms with Crippen molar-refractivity contribution in [3.63, 3.8) is 0 Å². The molecule has 0 amide bonds. The summed E-state index contributed by atoms with van der Waals surface area (Å²) in [5.41, 5.74) is 7.39. The SMILES string of the molecule is N[C@@H](CCc1ccccc1)c1nc(CC2CC2)no1. The lowest BCUT2D eigenvalue weighted by molar-refractivity contribution is 0.344. The minimum Gasteiger partial charge on any atom is -0.338 e. The quantitative estimate of drug-likeness (QED) is 0.864. The Kier molecular flexibility index (Phi) is 3.60. The zero-order chi connectivity index (χ0) is 13.1. The van der Waals surface area contributed by atoms with Gasteiger partial charge in [-0.2, -0.15) is 4.98 Å². The molecule has 0 bridgehead atoms. The first-order chi connectivity index (χ1) is 9.31. The summed E-state index contributed by atoms with van der Waals surface area (Å²) in [5.74, 6) is 2.16. The van der Waals surface area contributed by atoms with Crippen LogP contribution in [0.2, 0.25) is 0 Å². The number of nitrogens with zero attached hydrogens (tertiary/aromatic N) is 2. The van der Waals surface area contributed by atoms with Crippen molar-refractivity contribution in [3.05, 3.63) is 47.6 Å². The molecular weight excluding hydrogens is 238 g/mol. The second-order valence-electron chi connectivity index (χ2n) is 5.33. The third kappa shape index (κ3) is 3.41. The Bertz CT molecular complexity index is 519. The van der Waals surface area contributed by atoms with E-state index in [1.807, 2.05) is 18.2 Å². The van der Waals surface area contributed by atoms with Crippen LogP contribution >= 0.6 is 0 Å². The van der Waals surface area contributed by atoms with Crippen molar-refractivity contribution in [2.75, 3.05) is 0 Å². The van der Waals surface area contributed by atoms with Crippen LogP contribution in [0, 0.1) is 5.92 Å². The van der Waals surface area contributed by atoms with Gasteiger partial charge in [0.1, 0.15) is 0 Å². The molecule has 1 aliphatic rings. The van der Waals surface area contributed by atoms with Gasteiger partial charge in [-0.15, -0.1) is 0 Å². The Morgan fingerprint density at radius 3 is 2.79 bits per heavy atom. The first kappa shape index (κ1) is 12.4. The van der Waals surface area contributed by atoms with Crippen molar-refractivity contribution >= 4 is 0 Å². The number of hydrogen-bond acceptors (Lipinski definition) is 4. The molecule has 1 saturated carbocycles. The second kappa shape index (κ2) is 5.53. The molecule has 0 saturated heterocycles. The minimum absolute atomic E-state index is 0.166. The Morgan fingerprint density at radius 1 is 1.26 bits per heavy atom. The van der Waals surface area contributed by atoms with Crippen molar-refractivity contribution in [3.8, 4) is 0 Å². The monoisotopic (exact) mass is 257 g/mol. The molecule has 0 aliphatic heterocycles. The van der Waals surface area contributed by atoms with E-state index in [-0.39, 0.29) is 6.04 Å². The van der Waals surface area contributed by atoms with Crippen LogP contribution in [-0.2, 0) is 12.8 Å². The third-order valence-electron chi connectivity index (χ3n) is 3.56. The summed E-state index contributed by atoms with van der Waals surface area (Å²) >= 11 is 0. The molecule has 1 aliphatic carbocycles. The fourth-order valence-corrected chi connectivity index (χ4v) is 2.17. The Hall–Kier alpha value is -1.68. The van der Waals surface area contributed by atoms with Gasteiger partial charge < -0.3 is 10.3 Å². The first-order valence-electron chi connectivity index (χ1n) is 6.93. The molecule has 19 heavy (non-hydrogen) atoms. The van der Waals surface area contributed by atoms with Crippen LogP contribution in [0.1, 0.15) is 42.6 Å². The highest BCUT2D eigenvalue weighted by Gasteiger charge is 2.24. The predicted octanol–water partition coefficient (Wildman–Crippen LogP) is 2.65. The molecule has 100 valence electrons. The van der Waals surface area contributed by atoms with Crippen LogP contribution in [0.4, 0.5) is 0 Å². The Morgan fingerprint density at radius 2 is 2.05 bits per heavy atom. The van der Waals surface area contributed by atoms with Gasteiger partial charge in [0, 0.05) is 6.42 Å². The highest BCUT2D eigenvalue weighted by molar-refractivity contribution is 5.15. The van der Waals surface area contributed by atoms with E-state index in [1.165, 1.54) is 18.4 Å². The van der Waals surface area contributed by atoms with E-state index in [9.17, 15) is 0 Å². The van der Waals surface area contributed by atoms with Crippen molar-refractivity contribution in [1.82, 2.24) is 10.1 Å². The highest BCUT2D eigenvalue weighted by Crippen LogP contribution is 2.31. The van der Waals surface area contributed by atoms with Gasteiger partial charge in [0.25, 0.3) is 0 Å². The number of rotatable bonds is 6. The Labute approximate surface area is 113 Å². The molecule has 2 N–H and O–H groups in total. The van der Waals surface area contributed by atoms with Gasteiger partial charge in [0.05, 0.1) is 6.04 Å². The van der Waals surface area contributed by atoms with Crippen LogP contribution in [0.5, 0.6) is 0 Å². The number of aromatic nitrogens is 2. The van der Waals surface area contributed by atoms with Gasteiger partial charge in [-0.05, 0) is 37.2 Å². The summed E-state index contributed by atoms with van der Waals surface area (Å²) in [6.45, 7) is 0. The molecule has 0 unspecified atom stereocenters. The van der Waals surface area contributed by atoms with E-state index in [0.717, 1.165) is 31.0 Å². The smallest absolute Gasteiger partial charge is 0.243 e. The van der Waals surface area contributed by atoms with Crippen LogP contribution in [0.15, 0.2) is 34.9 Å². The molecule has 1 aromatic carbocycles. The molecule has 2 aromatic rings. The van der Waals surface area contributed by atoms with Gasteiger partial charge in [-0.3, -0.25) is 0 Å². The van der Waals surface area contributed by atoms with Crippen molar-refractivity contribution in [2.24, 2.45) is 11.7 Å². The Balaban J connectivity index is 1.54. The standard InChI is InChI=1S/C15H19N3O/c16-13(9-8-11-4-2-1-3-5-11)15-17-14(18-19-15)10-12-6-7-12/h1-5,12-13H,6-10,16H2/t13-/m0/s1. The second-order valence-corrected chi connectivity index (χ2v) is 5.33. The van der Waals surface area contributed by atoms with Crippen molar-refractivity contribution in [1.29, 1.82) is 0 Å². The molecule has 0 radical (unpaired) electrons. The molecular formula is C15H19N3O. The molecule has 0 spiro atoms. The summed E-state index contributed by atoms with van der Waals surface area (Å²) in [6, 6.07) is 10.2. The van der Waals surface area contributed by atoms with Gasteiger partial charge >= 0.3 is 0 Å². The first-order valence-corrected chi connectivity index (χ1v) is 6.93. The van der Waals surface area contributed by atoms with E-state index in [2.05, 4.69) is 22.3 Å². The number of aryl methyl sites for hydroxylation is 1. The highest BCUT2D eigenvalue weighted by atomic mass is 16.5. The van der Waals surface area contributed by atoms with Gasteiger partial charge in [-0.1, -0.05) is 35.5 Å². The van der Waals surface area contributed by atoms with Gasteiger partial charge in [0.15, 0.2) is 5.82 Å². The maximum atomic E-state index is 6.11. The number of benzene rings is 1. The van der Waals surface area contributed by atoms with Gasteiger partial charge in [0.2, 0.25) is 5.89 Å². The maximum absolute atomic E-state index is 6.11. The number of nitrogens with two attached hydrogens (primary N) is 1. The molecule has 1 heterocycles. The van der Waals surface area contributed by atoms with E-state index < -0.39 is 0 Å². The summed E-state index contributed by atoms with van der Waals surface area (Å²) in [5, 5.41) is 4.01. The van der Waals surface area contributed by atoms with E-state index >= 15 is 0 Å². The fourth-order valence-electron chi connectivity index (χ4n) is 2.17. The topological polar surface area (TPSA) is 64.9 Å². The van der Waals surface area contributed by atoms with E-state index in [1.54, 1.807) is 0 Å². The van der Waals surface area contributed by atoms with Crippen LogP contribution < -0.4 is 5.73 Å². The lowest BCUT2D eigenvalue weighted by Crippen LogP contribution is -2.12. The van der Waals surface area contributed by atoms with Crippen molar-refractivity contribution in [2.45, 2.75) is 38.1 Å². The summed E-state index contributed by atoms with van der Waals surface area (Å²) < 4.78 is 5.26. The summed E-state index contributed by atoms with van der Waals surface area (Å²) in [6.07, 6.45) is 5.29. The van der Waals surface area contributed by atoms with Crippen LogP contribution in [-0.4, -0.2) is 10.1 Å². The van der Waals surface area contributed by atoms with E-state index in [4.69, 9.17) is 10.3 Å². The molecule has 4 nitrogen and oxygen atoms in total. The summed E-state index contributed by atoms with van der Waals surface area (Å²) in [4.78, 5) is 4.40. The maximum Gasteiger partial charge on any atom is 0.243 e. The molecule has 4 heteroatoms. The molecule has 1 atom stereocenters. The zero-order valence-electron chi connectivity index (χ0n) is 11.0. The molecule has 3 rings (SSSR count). The average Bonchev–Trinajstić information content (AvgIpc) is 3.13. The van der Waals surface area contributed by atoms with Crippen LogP contribution in [0.25, 0.3) is 0 Å². The largest absolute Gasteiger partial charge is 0.338 e.